The molecule has 1 amide bonds. The van der Waals surface area contributed by atoms with Crippen molar-refractivity contribution in [3.8, 4) is 11.1 Å². The first-order valence-corrected chi connectivity index (χ1v) is 11.8. The Hall–Kier alpha value is -4.45. The first-order chi connectivity index (χ1) is 17.3. The molecule has 0 spiro atoms. The Bertz CT molecular complexity index is 1780. The van der Waals surface area contributed by atoms with Gasteiger partial charge in [0.15, 0.2) is 0 Å². The first kappa shape index (κ1) is 22.0. The Balaban J connectivity index is 1.36. The third kappa shape index (κ3) is 3.45. The predicted octanol–water partition coefficient (Wildman–Crippen LogP) is 6.82. The predicted molar refractivity (Wildman–Crippen MR) is 142 cm³/mol. The number of nitrogens with two attached hydrogens (primary N) is 1. The quantitative estimate of drug-likeness (QED) is 0.273. The van der Waals surface area contributed by atoms with Crippen LogP contribution in [-0.2, 0) is 6.54 Å². The zero-order valence-electron chi connectivity index (χ0n) is 20.2. The van der Waals surface area contributed by atoms with E-state index in [-0.39, 0.29) is 11.7 Å². The Labute approximate surface area is 207 Å². The van der Waals surface area contributed by atoms with E-state index < -0.39 is 0 Å². The number of aromatic nitrogens is 1. The minimum Gasteiger partial charge on any atom is -0.455 e. The number of nitrogens with one attached hydrogen (secondary N) is 1. The largest absolute Gasteiger partial charge is 0.455 e. The maximum Gasteiger partial charge on any atom is 0.251 e. The van der Waals surface area contributed by atoms with Crippen LogP contribution in [-0.4, -0.2) is 10.9 Å². The van der Waals surface area contributed by atoms with Crippen molar-refractivity contribution in [2.45, 2.75) is 27.3 Å². The third-order valence-electron chi connectivity index (χ3n) is 6.96. The van der Waals surface area contributed by atoms with E-state index in [1.807, 2.05) is 45.0 Å². The van der Waals surface area contributed by atoms with Crippen molar-refractivity contribution in [3.63, 3.8) is 0 Å². The van der Waals surface area contributed by atoms with E-state index in [1.54, 1.807) is 12.1 Å². The van der Waals surface area contributed by atoms with Gasteiger partial charge in [-0.3, -0.25) is 4.79 Å². The Morgan fingerprint density at radius 1 is 0.889 bits per heavy atom. The lowest BCUT2D eigenvalue weighted by molar-refractivity contribution is 0.0951. The van der Waals surface area contributed by atoms with Crippen molar-refractivity contribution in [1.82, 2.24) is 10.3 Å². The molecule has 6 aromatic rings. The van der Waals surface area contributed by atoms with Crippen LogP contribution >= 0.6 is 0 Å². The van der Waals surface area contributed by atoms with Crippen LogP contribution in [0.25, 0.3) is 43.8 Å². The lowest BCUT2D eigenvalue weighted by Gasteiger charge is -2.12. The number of aryl methyl sites for hydroxylation is 3. The number of pyridine rings is 1. The van der Waals surface area contributed by atoms with Crippen molar-refractivity contribution in [2.75, 3.05) is 5.73 Å². The van der Waals surface area contributed by atoms with E-state index in [4.69, 9.17) is 10.2 Å². The molecule has 178 valence electrons. The molecule has 36 heavy (non-hydrogen) atoms. The third-order valence-corrected chi connectivity index (χ3v) is 6.96. The zero-order valence-corrected chi connectivity index (χ0v) is 20.2. The number of rotatable bonds is 4. The number of carbonyl (C=O) groups excluding carboxylic acids is 1. The first-order valence-electron chi connectivity index (χ1n) is 11.8. The maximum absolute atomic E-state index is 13.4. The van der Waals surface area contributed by atoms with Gasteiger partial charge in [-0.15, -0.1) is 0 Å². The second kappa shape index (κ2) is 8.05. The fraction of sp³-hybridized carbons (Fsp3) is 0.133. The number of halogens is 1. The molecule has 5 nitrogen and oxygen atoms in total. The summed E-state index contributed by atoms with van der Waals surface area (Å²) in [7, 11) is 0. The molecular formula is C30H24FN3O2. The summed E-state index contributed by atoms with van der Waals surface area (Å²) in [6.45, 7) is 6.28. The molecule has 6 rings (SSSR count). The molecule has 0 saturated heterocycles. The summed E-state index contributed by atoms with van der Waals surface area (Å²) in [5.74, 6) is 0.0576. The number of furan rings is 2. The molecule has 2 bridgehead atoms. The average Bonchev–Trinajstić information content (AvgIpc) is 3.41. The summed E-state index contributed by atoms with van der Waals surface area (Å²) in [5, 5.41) is 6.97. The van der Waals surface area contributed by atoms with Gasteiger partial charge >= 0.3 is 0 Å². The van der Waals surface area contributed by atoms with Crippen LogP contribution in [0.15, 0.2) is 65.1 Å². The van der Waals surface area contributed by atoms with Crippen molar-refractivity contribution in [3.05, 3.63) is 94.4 Å². The van der Waals surface area contributed by atoms with E-state index >= 15 is 0 Å². The van der Waals surface area contributed by atoms with Gasteiger partial charge in [0, 0.05) is 39.3 Å². The number of nitrogen functional groups attached to an aromatic ring is 1. The molecule has 0 aliphatic carbocycles. The number of carbonyl (C=O) groups is 1. The fourth-order valence-electron chi connectivity index (χ4n) is 5.17. The minimum absolute atomic E-state index is 0.162. The summed E-state index contributed by atoms with van der Waals surface area (Å²) in [4.78, 5) is 17.3. The SMILES string of the molecule is Cc1cc(N)nc(C)c1CNC(=O)c1ccc2c(c1)c1oc2c2cc(-c3ccc(F)cc3)cc(C)c21. The van der Waals surface area contributed by atoms with Crippen LogP contribution in [0.1, 0.15) is 32.7 Å². The van der Waals surface area contributed by atoms with Crippen LogP contribution in [0.5, 0.6) is 0 Å². The Kier molecular flexibility index (Phi) is 4.93. The highest BCUT2D eigenvalue weighted by Gasteiger charge is 2.21. The molecule has 3 aromatic carbocycles. The van der Waals surface area contributed by atoms with Crippen molar-refractivity contribution >= 4 is 44.4 Å². The van der Waals surface area contributed by atoms with E-state index in [1.165, 1.54) is 12.1 Å². The maximum atomic E-state index is 13.4. The van der Waals surface area contributed by atoms with Crippen LogP contribution in [0.4, 0.5) is 10.2 Å². The number of amides is 1. The van der Waals surface area contributed by atoms with E-state index in [0.29, 0.717) is 17.9 Å². The second-order valence-corrected chi connectivity index (χ2v) is 9.35. The normalized spacial score (nSPS) is 11.7. The van der Waals surface area contributed by atoms with Crippen molar-refractivity contribution < 1.29 is 13.6 Å². The highest BCUT2D eigenvalue weighted by atomic mass is 19.1. The summed E-state index contributed by atoms with van der Waals surface area (Å²) < 4.78 is 19.6. The van der Waals surface area contributed by atoms with Gasteiger partial charge in [0.05, 0.1) is 0 Å². The molecule has 6 heteroatoms. The highest BCUT2D eigenvalue weighted by Crippen LogP contribution is 2.44. The molecule has 0 saturated carbocycles. The monoisotopic (exact) mass is 477 g/mol. The lowest BCUT2D eigenvalue weighted by Crippen LogP contribution is -2.24. The van der Waals surface area contributed by atoms with Crippen molar-refractivity contribution in [2.24, 2.45) is 0 Å². The Morgan fingerprint density at radius 2 is 1.67 bits per heavy atom. The van der Waals surface area contributed by atoms with E-state index in [2.05, 4.69) is 22.4 Å². The van der Waals surface area contributed by atoms with Gasteiger partial charge in [-0.05, 0) is 91.1 Å². The molecule has 0 unspecified atom stereocenters. The average molecular weight is 478 g/mol. The molecule has 0 atom stereocenters. The number of nitrogens with zero attached hydrogens (tertiary/aromatic N) is 1. The van der Waals surface area contributed by atoms with Crippen LogP contribution in [0, 0.1) is 26.6 Å². The fourth-order valence-corrected chi connectivity index (χ4v) is 5.17. The van der Waals surface area contributed by atoms with Gasteiger partial charge in [-0.2, -0.15) is 0 Å². The lowest BCUT2D eigenvalue weighted by atomic mass is 9.94. The molecule has 3 aromatic heterocycles. The topological polar surface area (TPSA) is 81.1 Å². The smallest absolute Gasteiger partial charge is 0.251 e. The number of hydrogen-bond donors (Lipinski definition) is 2. The van der Waals surface area contributed by atoms with E-state index in [9.17, 15) is 9.18 Å². The van der Waals surface area contributed by atoms with Gasteiger partial charge in [-0.1, -0.05) is 18.2 Å². The zero-order chi connectivity index (χ0) is 25.1. The van der Waals surface area contributed by atoms with E-state index in [0.717, 1.165) is 66.2 Å². The molecule has 0 aliphatic heterocycles. The van der Waals surface area contributed by atoms with Crippen LogP contribution in [0.2, 0.25) is 0 Å². The van der Waals surface area contributed by atoms with Crippen LogP contribution in [0.3, 0.4) is 0 Å². The number of fused-ring (bicyclic) bond motifs is 8. The molecule has 3 heterocycles. The van der Waals surface area contributed by atoms with Crippen molar-refractivity contribution in [1.29, 1.82) is 0 Å². The standard InChI is InChI=1S/C30H24FN3O2/c1-15-11-26(32)34-17(3)25(15)14-33-30(35)19-6-9-22-23(12-19)29-27-16(2)10-20(13-24(27)28(22)36-29)18-4-7-21(31)8-5-18/h4-13H,14H2,1-3H3,(H2,32,34)(H,33,35). The number of anilines is 1. The van der Waals surface area contributed by atoms with Gasteiger partial charge in [0.25, 0.3) is 5.91 Å². The number of hydrogen-bond acceptors (Lipinski definition) is 4. The molecule has 3 N–H and O–H groups in total. The molecule has 0 aliphatic rings. The molecular weight excluding hydrogens is 453 g/mol. The van der Waals surface area contributed by atoms with Gasteiger partial charge in [0.2, 0.25) is 0 Å². The second-order valence-electron chi connectivity index (χ2n) is 9.35. The van der Waals surface area contributed by atoms with Gasteiger partial charge in [0.1, 0.15) is 22.8 Å². The molecule has 0 radical (unpaired) electrons. The highest BCUT2D eigenvalue weighted by molar-refractivity contribution is 6.27. The van der Waals surface area contributed by atoms with Crippen LogP contribution < -0.4 is 11.1 Å². The van der Waals surface area contributed by atoms with Gasteiger partial charge < -0.3 is 15.5 Å². The van der Waals surface area contributed by atoms with Gasteiger partial charge in [-0.25, -0.2) is 9.37 Å². The summed E-state index contributed by atoms with van der Waals surface area (Å²) >= 11 is 0. The molecule has 0 fully saturated rings. The summed E-state index contributed by atoms with van der Waals surface area (Å²) in [6, 6.07) is 18.2. The minimum atomic E-state index is -0.256. The summed E-state index contributed by atoms with van der Waals surface area (Å²) in [6.07, 6.45) is 0. The number of benzene rings is 4. The Morgan fingerprint density at radius 3 is 2.42 bits per heavy atom. The summed E-state index contributed by atoms with van der Waals surface area (Å²) in [5.41, 5.74) is 13.8.